The molecule has 0 spiro atoms. The van der Waals surface area contributed by atoms with E-state index in [1.807, 2.05) is 13.0 Å². The molecule has 0 radical (unpaired) electrons. The van der Waals surface area contributed by atoms with E-state index in [0.717, 1.165) is 0 Å². The summed E-state index contributed by atoms with van der Waals surface area (Å²) in [7, 11) is 0. The van der Waals surface area contributed by atoms with E-state index in [1.165, 1.54) is 5.57 Å². The third-order valence-corrected chi connectivity index (χ3v) is 1.29. The van der Waals surface area contributed by atoms with Crippen molar-refractivity contribution in [1.82, 2.24) is 0 Å². The maximum absolute atomic E-state index is 5.22. The molecule has 0 aliphatic rings. The Morgan fingerprint density at radius 2 is 2.00 bits per heavy atom. The van der Waals surface area contributed by atoms with Crippen molar-refractivity contribution in [3.05, 3.63) is 23.9 Å². The topological polar surface area (TPSA) is 26.0 Å². The van der Waals surface area contributed by atoms with Crippen molar-refractivity contribution < 1.29 is 0 Å². The second-order valence-electron chi connectivity index (χ2n) is 2.30. The van der Waals surface area contributed by atoms with Crippen LogP contribution in [-0.4, -0.2) is 0 Å². The Labute approximate surface area is 57.3 Å². The van der Waals surface area contributed by atoms with Gasteiger partial charge in [-0.05, 0) is 30.7 Å². The summed E-state index contributed by atoms with van der Waals surface area (Å²) >= 11 is 0. The molecule has 1 heteroatoms. The van der Waals surface area contributed by atoms with Crippen molar-refractivity contribution >= 4 is 0 Å². The highest BCUT2D eigenvalue weighted by Crippen LogP contribution is 2.09. The van der Waals surface area contributed by atoms with Gasteiger partial charge in [0.05, 0.1) is 0 Å². The van der Waals surface area contributed by atoms with E-state index in [9.17, 15) is 0 Å². The predicted octanol–water partition coefficient (Wildman–Crippen LogP) is 2.06. The van der Waals surface area contributed by atoms with Crippen LogP contribution in [0.5, 0.6) is 0 Å². The first-order valence-electron chi connectivity index (χ1n) is 3.26. The van der Waals surface area contributed by atoms with Gasteiger partial charge in [-0.15, -0.1) is 0 Å². The molecule has 1 nitrogen and oxygen atoms in total. The van der Waals surface area contributed by atoms with Crippen LogP contribution in [-0.2, 0) is 0 Å². The van der Waals surface area contributed by atoms with Crippen LogP contribution >= 0.6 is 0 Å². The molecule has 0 bridgehead atoms. The van der Waals surface area contributed by atoms with Crippen LogP contribution in [0.2, 0.25) is 0 Å². The molecule has 0 atom stereocenters. The summed E-state index contributed by atoms with van der Waals surface area (Å²) in [4.78, 5) is 0. The summed E-state index contributed by atoms with van der Waals surface area (Å²) in [5, 5.41) is 0. The van der Waals surface area contributed by atoms with Gasteiger partial charge >= 0.3 is 0 Å². The molecule has 0 fully saturated rings. The van der Waals surface area contributed by atoms with Gasteiger partial charge in [0.2, 0.25) is 0 Å². The minimum Gasteiger partial charge on any atom is -0.405 e. The summed E-state index contributed by atoms with van der Waals surface area (Å²) < 4.78 is 0. The first-order valence-corrected chi connectivity index (χ1v) is 3.26. The minimum atomic E-state index is 0.579. The molecule has 0 aromatic carbocycles. The van der Waals surface area contributed by atoms with Crippen molar-refractivity contribution in [2.24, 2.45) is 11.7 Å². The highest BCUT2D eigenvalue weighted by molar-refractivity contribution is 5.18. The molecule has 0 aromatic rings. The molecule has 0 saturated carbocycles. The fraction of sp³-hybridized carbons (Fsp3) is 0.500. The molecular weight excluding hydrogens is 110 g/mol. The van der Waals surface area contributed by atoms with Crippen LogP contribution in [0.3, 0.4) is 0 Å². The number of rotatable bonds is 2. The van der Waals surface area contributed by atoms with E-state index in [2.05, 4.69) is 19.9 Å². The average Bonchev–Trinajstić information content (AvgIpc) is 1.82. The Kier molecular flexibility index (Phi) is 3.85. The Morgan fingerprint density at radius 3 is 2.11 bits per heavy atom. The smallest absolute Gasteiger partial charge is 0.00596 e. The maximum atomic E-state index is 5.22. The summed E-state index contributed by atoms with van der Waals surface area (Å²) in [5.41, 5.74) is 6.51. The van der Waals surface area contributed by atoms with E-state index in [0.29, 0.717) is 5.92 Å². The van der Waals surface area contributed by atoms with Crippen molar-refractivity contribution in [2.45, 2.75) is 20.8 Å². The van der Waals surface area contributed by atoms with Crippen molar-refractivity contribution in [2.75, 3.05) is 0 Å². The van der Waals surface area contributed by atoms with Crippen LogP contribution in [0, 0.1) is 5.92 Å². The van der Waals surface area contributed by atoms with Gasteiger partial charge in [0.25, 0.3) is 0 Å². The molecule has 0 unspecified atom stereocenters. The van der Waals surface area contributed by atoms with E-state index in [4.69, 9.17) is 5.73 Å². The lowest BCUT2D eigenvalue weighted by molar-refractivity contribution is 0.789. The van der Waals surface area contributed by atoms with Gasteiger partial charge in [0, 0.05) is 0 Å². The summed E-state index contributed by atoms with van der Waals surface area (Å²) in [6.07, 6.45) is 5.59. The number of allylic oxidation sites excluding steroid dienone is 3. The van der Waals surface area contributed by atoms with Crippen molar-refractivity contribution in [3.63, 3.8) is 0 Å². The Balaban J connectivity index is 4.01. The van der Waals surface area contributed by atoms with Gasteiger partial charge in [0.15, 0.2) is 0 Å². The molecule has 2 N–H and O–H groups in total. The SMILES string of the molecule is C/C=C(\C=C/N)C(C)C. The highest BCUT2D eigenvalue weighted by Gasteiger charge is 1.94. The molecule has 0 aromatic heterocycles. The molecular formula is C8H15N. The van der Waals surface area contributed by atoms with E-state index in [1.54, 1.807) is 6.20 Å². The molecule has 52 valence electrons. The standard InChI is InChI=1S/C8H15N/c1-4-8(5-6-9)7(2)3/h4-7H,9H2,1-3H3/b6-5-,8-4+. The number of hydrogen-bond acceptors (Lipinski definition) is 1. The third-order valence-electron chi connectivity index (χ3n) is 1.29. The molecule has 0 rings (SSSR count). The first kappa shape index (κ1) is 8.28. The van der Waals surface area contributed by atoms with E-state index < -0.39 is 0 Å². The maximum Gasteiger partial charge on any atom is -0.00596 e. The van der Waals surface area contributed by atoms with Crippen LogP contribution in [0.15, 0.2) is 23.9 Å². The van der Waals surface area contributed by atoms with E-state index >= 15 is 0 Å². The van der Waals surface area contributed by atoms with Crippen LogP contribution in [0.25, 0.3) is 0 Å². The zero-order valence-electron chi connectivity index (χ0n) is 6.39. The zero-order valence-corrected chi connectivity index (χ0v) is 6.39. The predicted molar refractivity (Wildman–Crippen MR) is 41.9 cm³/mol. The van der Waals surface area contributed by atoms with Gasteiger partial charge < -0.3 is 5.73 Å². The summed E-state index contributed by atoms with van der Waals surface area (Å²) in [6.45, 7) is 6.32. The number of nitrogens with two attached hydrogens (primary N) is 1. The Bertz CT molecular complexity index is 121. The van der Waals surface area contributed by atoms with Gasteiger partial charge in [-0.25, -0.2) is 0 Å². The average molecular weight is 125 g/mol. The fourth-order valence-corrected chi connectivity index (χ4v) is 0.733. The number of hydrogen-bond donors (Lipinski definition) is 1. The van der Waals surface area contributed by atoms with Crippen LogP contribution in [0.1, 0.15) is 20.8 Å². The molecule has 0 amide bonds. The molecule has 9 heavy (non-hydrogen) atoms. The highest BCUT2D eigenvalue weighted by atomic mass is 14.5. The lowest BCUT2D eigenvalue weighted by atomic mass is 10.0. The molecule has 0 heterocycles. The lowest BCUT2D eigenvalue weighted by Crippen LogP contribution is -1.90. The summed E-state index contributed by atoms with van der Waals surface area (Å²) in [6, 6.07) is 0. The second-order valence-corrected chi connectivity index (χ2v) is 2.30. The third kappa shape index (κ3) is 2.96. The fourth-order valence-electron chi connectivity index (χ4n) is 0.733. The molecule has 0 aliphatic heterocycles. The zero-order chi connectivity index (χ0) is 7.28. The van der Waals surface area contributed by atoms with E-state index in [-0.39, 0.29) is 0 Å². The van der Waals surface area contributed by atoms with Crippen LogP contribution in [0.4, 0.5) is 0 Å². The van der Waals surface area contributed by atoms with Crippen molar-refractivity contribution in [1.29, 1.82) is 0 Å². The molecule has 0 saturated heterocycles. The first-order chi connectivity index (χ1) is 4.22. The van der Waals surface area contributed by atoms with Gasteiger partial charge in [0.1, 0.15) is 0 Å². The summed E-state index contributed by atoms with van der Waals surface area (Å²) in [5.74, 6) is 0.579. The Hall–Kier alpha value is -0.720. The van der Waals surface area contributed by atoms with Gasteiger partial charge in [-0.1, -0.05) is 19.9 Å². The van der Waals surface area contributed by atoms with Gasteiger partial charge in [-0.2, -0.15) is 0 Å². The normalized spacial score (nSPS) is 13.6. The quantitative estimate of drug-likeness (QED) is 0.562. The lowest BCUT2D eigenvalue weighted by Gasteiger charge is -2.02. The van der Waals surface area contributed by atoms with Gasteiger partial charge in [-0.3, -0.25) is 0 Å². The van der Waals surface area contributed by atoms with Crippen LogP contribution < -0.4 is 5.73 Å². The largest absolute Gasteiger partial charge is 0.405 e. The Morgan fingerprint density at radius 1 is 1.44 bits per heavy atom. The molecule has 0 aliphatic carbocycles. The monoisotopic (exact) mass is 125 g/mol. The minimum absolute atomic E-state index is 0.579. The van der Waals surface area contributed by atoms with Crippen molar-refractivity contribution in [3.8, 4) is 0 Å². The second kappa shape index (κ2) is 4.19.